The molecule has 0 unspecified atom stereocenters. The number of hydroxylamine groups is 2. The van der Waals surface area contributed by atoms with E-state index in [0.29, 0.717) is 5.22 Å². The minimum absolute atomic E-state index is 0.139. The second-order valence-corrected chi connectivity index (χ2v) is 4.24. The van der Waals surface area contributed by atoms with Crippen LogP contribution < -0.4 is 0 Å². The number of hydrogen-bond acceptors (Lipinski definition) is 5. The lowest BCUT2D eigenvalue weighted by Crippen LogP contribution is -2.26. The molecular formula is C11H12N2O3S. The fourth-order valence-electron chi connectivity index (χ4n) is 1.23. The van der Waals surface area contributed by atoms with Gasteiger partial charge in [0, 0.05) is 7.05 Å². The second-order valence-electron chi connectivity index (χ2n) is 3.31. The summed E-state index contributed by atoms with van der Waals surface area (Å²) in [6.45, 7) is 0. The van der Waals surface area contributed by atoms with Crippen LogP contribution in [0, 0.1) is 0 Å². The van der Waals surface area contributed by atoms with Gasteiger partial charge in [0.25, 0.3) is 11.1 Å². The number of oxazole rings is 1. The summed E-state index contributed by atoms with van der Waals surface area (Å²) >= 11 is 1.25. The van der Waals surface area contributed by atoms with Gasteiger partial charge >= 0.3 is 0 Å². The van der Waals surface area contributed by atoms with Gasteiger partial charge in [0.15, 0.2) is 5.58 Å². The molecule has 0 fully saturated rings. The number of para-hydroxylation sites is 2. The van der Waals surface area contributed by atoms with E-state index in [4.69, 9.17) is 9.25 Å². The van der Waals surface area contributed by atoms with Crippen LogP contribution in [0.4, 0.5) is 0 Å². The number of rotatable bonds is 4. The lowest BCUT2D eigenvalue weighted by atomic mass is 10.3. The van der Waals surface area contributed by atoms with Crippen molar-refractivity contribution in [1.82, 2.24) is 10.0 Å². The molecule has 5 nitrogen and oxygen atoms in total. The summed E-state index contributed by atoms with van der Waals surface area (Å²) in [6, 6.07) is 7.48. The van der Waals surface area contributed by atoms with Crippen molar-refractivity contribution in [3.05, 3.63) is 24.3 Å². The second kappa shape index (κ2) is 5.20. The van der Waals surface area contributed by atoms with Crippen LogP contribution in [-0.2, 0) is 9.63 Å². The van der Waals surface area contributed by atoms with E-state index in [1.54, 1.807) is 7.05 Å². The molecule has 17 heavy (non-hydrogen) atoms. The maximum atomic E-state index is 11.5. The first kappa shape index (κ1) is 11.9. The zero-order chi connectivity index (χ0) is 12.3. The van der Waals surface area contributed by atoms with Gasteiger partial charge < -0.3 is 4.42 Å². The number of aromatic nitrogens is 1. The van der Waals surface area contributed by atoms with E-state index in [9.17, 15) is 4.79 Å². The molecule has 0 N–H and O–H groups in total. The fraction of sp³-hybridized carbons (Fsp3) is 0.273. The average Bonchev–Trinajstić information content (AvgIpc) is 2.77. The quantitative estimate of drug-likeness (QED) is 0.615. The van der Waals surface area contributed by atoms with Crippen LogP contribution in [0.1, 0.15) is 0 Å². The predicted molar refractivity (Wildman–Crippen MR) is 64.5 cm³/mol. The minimum atomic E-state index is -0.139. The molecule has 0 spiro atoms. The number of carbonyl (C=O) groups excluding carboxylic acids is 1. The zero-order valence-corrected chi connectivity index (χ0v) is 10.4. The highest BCUT2D eigenvalue weighted by Crippen LogP contribution is 2.23. The first-order valence-electron chi connectivity index (χ1n) is 4.99. The SMILES string of the molecule is CON(C)C(=O)CSc1nc2ccccc2o1. The molecule has 0 radical (unpaired) electrons. The Bertz CT molecular complexity index is 493. The predicted octanol–water partition coefficient (Wildman–Crippen LogP) is 1.94. The van der Waals surface area contributed by atoms with Crippen molar-refractivity contribution in [2.45, 2.75) is 5.22 Å². The Labute approximate surface area is 103 Å². The standard InChI is InChI=1S/C11H12N2O3S/c1-13(15-2)10(14)7-17-11-12-8-5-3-4-6-9(8)16-11/h3-6H,7H2,1-2H3. The topological polar surface area (TPSA) is 55.6 Å². The van der Waals surface area contributed by atoms with E-state index < -0.39 is 0 Å². The largest absolute Gasteiger partial charge is 0.431 e. The number of fused-ring (bicyclic) bond motifs is 1. The molecule has 0 atom stereocenters. The summed E-state index contributed by atoms with van der Waals surface area (Å²) in [5.74, 6) is 0.0942. The highest BCUT2D eigenvalue weighted by atomic mass is 32.2. The Kier molecular flexibility index (Phi) is 3.65. The van der Waals surface area contributed by atoms with Crippen molar-refractivity contribution < 1.29 is 14.0 Å². The number of benzene rings is 1. The van der Waals surface area contributed by atoms with Crippen LogP contribution in [-0.4, -0.2) is 35.9 Å². The molecule has 1 aromatic heterocycles. The number of amides is 1. The third kappa shape index (κ3) is 2.78. The molecule has 0 bridgehead atoms. The van der Waals surface area contributed by atoms with Gasteiger partial charge in [-0.3, -0.25) is 9.63 Å². The Hall–Kier alpha value is -1.53. The van der Waals surface area contributed by atoms with Crippen LogP contribution in [0.5, 0.6) is 0 Å². The summed E-state index contributed by atoms with van der Waals surface area (Å²) in [5.41, 5.74) is 1.52. The van der Waals surface area contributed by atoms with Crippen LogP contribution in [0.25, 0.3) is 11.1 Å². The first-order valence-corrected chi connectivity index (χ1v) is 5.98. The lowest BCUT2D eigenvalue weighted by molar-refractivity contribution is -0.165. The van der Waals surface area contributed by atoms with Gasteiger partial charge in [0.05, 0.1) is 12.9 Å². The molecule has 0 aliphatic rings. The van der Waals surface area contributed by atoms with E-state index in [0.717, 1.165) is 11.1 Å². The molecule has 1 heterocycles. The van der Waals surface area contributed by atoms with E-state index in [2.05, 4.69) is 4.98 Å². The average molecular weight is 252 g/mol. The monoisotopic (exact) mass is 252 g/mol. The third-order valence-electron chi connectivity index (χ3n) is 2.22. The number of thioether (sulfide) groups is 1. The molecule has 0 saturated carbocycles. The molecule has 6 heteroatoms. The molecule has 0 saturated heterocycles. The first-order chi connectivity index (χ1) is 8.20. The molecule has 2 rings (SSSR count). The van der Waals surface area contributed by atoms with E-state index >= 15 is 0 Å². The van der Waals surface area contributed by atoms with Crippen molar-refractivity contribution in [1.29, 1.82) is 0 Å². The van der Waals surface area contributed by atoms with Crippen LogP contribution in [0.3, 0.4) is 0 Å². The summed E-state index contributed by atoms with van der Waals surface area (Å²) in [5, 5.41) is 1.67. The molecular weight excluding hydrogens is 240 g/mol. The van der Waals surface area contributed by atoms with Gasteiger partial charge in [-0.15, -0.1) is 0 Å². The molecule has 90 valence electrons. The van der Waals surface area contributed by atoms with Crippen molar-refractivity contribution >= 4 is 28.8 Å². The normalized spacial score (nSPS) is 10.7. The van der Waals surface area contributed by atoms with Gasteiger partial charge in [0.1, 0.15) is 5.52 Å². The maximum absolute atomic E-state index is 11.5. The number of hydrogen-bond donors (Lipinski definition) is 0. The van der Waals surface area contributed by atoms with Crippen LogP contribution in [0.15, 0.2) is 33.9 Å². The lowest BCUT2D eigenvalue weighted by Gasteiger charge is -2.11. The minimum Gasteiger partial charge on any atom is -0.431 e. The van der Waals surface area contributed by atoms with Gasteiger partial charge in [-0.05, 0) is 12.1 Å². The van der Waals surface area contributed by atoms with E-state index in [1.807, 2.05) is 24.3 Å². The van der Waals surface area contributed by atoms with E-state index in [1.165, 1.54) is 23.9 Å². The number of nitrogens with zero attached hydrogens (tertiary/aromatic N) is 2. The third-order valence-corrected chi connectivity index (χ3v) is 3.03. The molecule has 0 aliphatic heterocycles. The fourth-order valence-corrected chi connectivity index (χ4v) is 1.97. The summed E-state index contributed by atoms with van der Waals surface area (Å²) < 4.78 is 5.47. The highest BCUT2D eigenvalue weighted by Gasteiger charge is 2.11. The summed E-state index contributed by atoms with van der Waals surface area (Å²) in [6.07, 6.45) is 0. The zero-order valence-electron chi connectivity index (χ0n) is 9.54. The Morgan fingerprint density at radius 2 is 2.29 bits per heavy atom. The van der Waals surface area contributed by atoms with Gasteiger partial charge in [-0.1, -0.05) is 23.9 Å². The van der Waals surface area contributed by atoms with Crippen LogP contribution >= 0.6 is 11.8 Å². The van der Waals surface area contributed by atoms with E-state index in [-0.39, 0.29) is 11.7 Å². The maximum Gasteiger partial charge on any atom is 0.257 e. The Balaban J connectivity index is 2.02. The van der Waals surface area contributed by atoms with Crippen molar-refractivity contribution in [3.8, 4) is 0 Å². The van der Waals surface area contributed by atoms with Crippen molar-refractivity contribution in [3.63, 3.8) is 0 Å². The van der Waals surface area contributed by atoms with Gasteiger partial charge in [-0.25, -0.2) is 10.0 Å². The molecule has 1 amide bonds. The molecule has 2 aromatic rings. The van der Waals surface area contributed by atoms with Crippen molar-refractivity contribution in [2.75, 3.05) is 19.9 Å². The summed E-state index contributed by atoms with van der Waals surface area (Å²) in [4.78, 5) is 20.5. The number of carbonyl (C=O) groups is 1. The van der Waals surface area contributed by atoms with Crippen LogP contribution in [0.2, 0.25) is 0 Å². The van der Waals surface area contributed by atoms with Crippen molar-refractivity contribution in [2.24, 2.45) is 0 Å². The van der Waals surface area contributed by atoms with Gasteiger partial charge in [-0.2, -0.15) is 0 Å². The summed E-state index contributed by atoms with van der Waals surface area (Å²) in [7, 11) is 3.01. The Morgan fingerprint density at radius 3 is 3.00 bits per heavy atom. The Morgan fingerprint density at radius 1 is 1.53 bits per heavy atom. The van der Waals surface area contributed by atoms with Gasteiger partial charge in [0.2, 0.25) is 0 Å². The highest BCUT2D eigenvalue weighted by molar-refractivity contribution is 7.99. The molecule has 0 aliphatic carbocycles. The molecule has 1 aromatic carbocycles. The smallest absolute Gasteiger partial charge is 0.257 e.